The van der Waals surface area contributed by atoms with Crippen LogP contribution in [-0.2, 0) is 33.3 Å². The number of methoxy groups -OCH3 is 2. The molecule has 0 spiro atoms. The predicted octanol–water partition coefficient (Wildman–Crippen LogP) is 2.92. The minimum absolute atomic E-state index is 0.192. The van der Waals surface area contributed by atoms with Gasteiger partial charge in [-0.1, -0.05) is 0 Å². The van der Waals surface area contributed by atoms with Crippen LogP contribution in [0, 0.1) is 0 Å². The maximum atomic E-state index is 12.0. The number of hydrogen-bond acceptors (Lipinski definition) is 12. The molecular formula is C25H27NO11. The van der Waals surface area contributed by atoms with E-state index in [0.717, 1.165) is 0 Å². The van der Waals surface area contributed by atoms with E-state index in [1.165, 1.54) is 41.3 Å². The van der Waals surface area contributed by atoms with Gasteiger partial charge in [0.05, 0.1) is 32.0 Å². The van der Waals surface area contributed by atoms with E-state index in [0.29, 0.717) is 27.8 Å². The maximum absolute atomic E-state index is 12.0. The van der Waals surface area contributed by atoms with Gasteiger partial charge in [-0.3, -0.25) is 14.4 Å². The molecule has 0 bridgehead atoms. The molecule has 3 heterocycles. The number of benzene rings is 1. The van der Waals surface area contributed by atoms with E-state index >= 15 is 0 Å². The predicted molar refractivity (Wildman–Crippen MR) is 126 cm³/mol. The second kappa shape index (κ2) is 10.5. The minimum Gasteiger partial charge on any atom is -0.495 e. The molecule has 1 aromatic carbocycles. The Bertz CT molecular complexity index is 1330. The molecule has 12 heteroatoms. The number of esters is 3. The van der Waals surface area contributed by atoms with Gasteiger partial charge in [0.1, 0.15) is 11.3 Å². The van der Waals surface area contributed by atoms with Crippen LogP contribution in [-0.4, -0.2) is 67.8 Å². The van der Waals surface area contributed by atoms with E-state index in [1.54, 1.807) is 25.1 Å². The molecule has 0 unspecified atom stereocenters. The maximum Gasteiger partial charge on any atom is 0.303 e. The second-order valence-electron chi connectivity index (χ2n) is 8.33. The molecule has 0 radical (unpaired) electrons. The lowest BCUT2D eigenvalue weighted by Gasteiger charge is -2.43. The zero-order valence-electron chi connectivity index (χ0n) is 21.1. The Morgan fingerprint density at radius 1 is 0.811 bits per heavy atom. The Kier molecular flexibility index (Phi) is 7.39. The molecule has 4 rings (SSSR count). The average molecular weight is 517 g/mol. The van der Waals surface area contributed by atoms with Crippen LogP contribution in [0.3, 0.4) is 0 Å². The normalized spacial score (nSPS) is 23.4. The van der Waals surface area contributed by atoms with Crippen LogP contribution in [0.1, 0.15) is 27.7 Å². The first kappa shape index (κ1) is 26.0. The molecule has 1 saturated heterocycles. The molecule has 0 aliphatic carbocycles. The summed E-state index contributed by atoms with van der Waals surface area (Å²) >= 11 is 0. The van der Waals surface area contributed by atoms with E-state index < -0.39 is 48.6 Å². The molecule has 2 aromatic heterocycles. The van der Waals surface area contributed by atoms with Crippen LogP contribution in [0.5, 0.6) is 17.2 Å². The largest absolute Gasteiger partial charge is 0.495 e. The number of carbonyl (C=O) groups is 3. The van der Waals surface area contributed by atoms with E-state index in [9.17, 15) is 14.4 Å². The van der Waals surface area contributed by atoms with Crippen molar-refractivity contribution in [2.45, 2.75) is 58.4 Å². The van der Waals surface area contributed by atoms with Crippen molar-refractivity contribution < 1.29 is 52.0 Å². The number of nitrogens with zero attached hydrogens (tertiary/aromatic N) is 1. The lowest BCUT2D eigenvalue weighted by atomic mass is 9.98. The van der Waals surface area contributed by atoms with Crippen LogP contribution in [0.25, 0.3) is 22.0 Å². The first-order valence-corrected chi connectivity index (χ1v) is 11.4. The van der Waals surface area contributed by atoms with Crippen LogP contribution < -0.4 is 14.2 Å². The molecular weight excluding hydrogens is 490 g/mol. The highest BCUT2D eigenvalue weighted by Crippen LogP contribution is 2.42. The number of fused-ring (bicyclic) bond motifs is 2. The van der Waals surface area contributed by atoms with Gasteiger partial charge < -0.3 is 37.6 Å². The summed E-state index contributed by atoms with van der Waals surface area (Å²) in [6.07, 6.45) is -4.10. The number of ether oxygens (including phenoxy) is 7. The number of rotatable bonds is 7. The summed E-state index contributed by atoms with van der Waals surface area (Å²) in [7, 11) is 2.97. The van der Waals surface area contributed by atoms with Gasteiger partial charge in [-0.15, -0.1) is 0 Å². The van der Waals surface area contributed by atoms with Gasteiger partial charge in [-0.2, -0.15) is 0 Å². The van der Waals surface area contributed by atoms with Crippen LogP contribution in [0.4, 0.5) is 0 Å². The van der Waals surface area contributed by atoms with Crippen LogP contribution in [0.15, 0.2) is 28.9 Å². The Labute approximate surface area is 211 Å². The van der Waals surface area contributed by atoms with Crippen LogP contribution >= 0.6 is 0 Å². The molecule has 198 valence electrons. The third kappa shape index (κ3) is 5.10. The first-order chi connectivity index (χ1) is 17.6. The fourth-order valence-corrected chi connectivity index (χ4v) is 4.35. The summed E-state index contributed by atoms with van der Waals surface area (Å²) in [6, 6.07) is 5.09. The first-order valence-electron chi connectivity index (χ1n) is 11.4. The molecule has 12 nitrogen and oxygen atoms in total. The quantitative estimate of drug-likeness (QED) is 0.336. The van der Waals surface area contributed by atoms with E-state index in [2.05, 4.69) is 4.98 Å². The minimum atomic E-state index is -1.28. The monoisotopic (exact) mass is 517 g/mol. The van der Waals surface area contributed by atoms with E-state index in [4.69, 9.17) is 37.6 Å². The van der Waals surface area contributed by atoms with Crippen molar-refractivity contribution >= 4 is 39.9 Å². The fourth-order valence-electron chi connectivity index (χ4n) is 4.35. The van der Waals surface area contributed by atoms with Crippen molar-refractivity contribution in [2.75, 3.05) is 14.2 Å². The smallest absolute Gasteiger partial charge is 0.303 e. The Morgan fingerprint density at radius 3 is 2.05 bits per heavy atom. The lowest BCUT2D eigenvalue weighted by Crippen LogP contribution is -2.62. The van der Waals surface area contributed by atoms with Crippen molar-refractivity contribution in [1.82, 2.24) is 4.98 Å². The van der Waals surface area contributed by atoms with Gasteiger partial charge >= 0.3 is 17.9 Å². The molecule has 1 aliphatic heterocycles. The molecule has 0 amide bonds. The van der Waals surface area contributed by atoms with Gasteiger partial charge in [-0.25, -0.2) is 4.98 Å². The highest BCUT2D eigenvalue weighted by atomic mass is 16.7. The zero-order valence-corrected chi connectivity index (χ0v) is 21.1. The summed E-state index contributed by atoms with van der Waals surface area (Å²) in [5.41, 5.74) is 0.723. The summed E-state index contributed by atoms with van der Waals surface area (Å²) in [4.78, 5) is 40.2. The van der Waals surface area contributed by atoms with Gasteiger partial charge in [-0.05, 0) is 25.1 Å². The average Bonchev–Trinajstić information content (AvgIpc) is 3.29. The summed E-state index contributed by atoms with van der Waals surface area (Å²) < 4.78 is 45.0. The second-order valence-corrected chi connectivity index (χ2v) is 8.33. The molecule has 3 aromatic rings. The van der Waals surface area contributed by atoms with Crippen LogP contribution in [0.2, 0.25) is 0 Å². The molecule has 37 heavy (non-hydrogen) atoms. The Morgan fingerprint density at radius 2 is 1.43 bits per heavy atom. The Hall–Kier alpha value is -4.06. The number of carbonyl (C=O) groups excluding carboxylic acids is 3. The third-order valence-corrected chi connectivity index (χ3v) is 5.73. The lowest BCUT2D eigenvalue weighted by molar-refractivity contribution is -0.280. The SMILES string of the molecule is COc1c2ccoc2nc2c(OC)c(O[C@@H]3O[C@@H](C)[C@H](OC(C)=O)[C@@H](OC(C)=O)[C@H]3OC(C)=O)ccc12. The van der Waals surface area contributed by atoms with Gasteiger partial charge in [0.2, 0.25) is 18.1 Å². The van der Waals surface area contributed by atoms with Crippen molar-refractivity contribution in [3.05, 3.63) is 24.5 Å². The highest BCUT2D eigenvalue weighted by molar-refractivity contribution is 6.02. The fraction of sp³-hybridized carbons (Fsp3) is 0.440. The third-order valence-electron chi connectivity index (χ3n) is 5.73. The van der Waals surface area contributed by atoms with E-state index in [1.807, 2.05) is 0 Å². The van der Waals surface area contributed by atoms with Gasteiger partial charge in [0, 0.05) is 26.2 Å². The number of furan rings is 1. The molecule has 0 saturated carbocycles. The summed E-state index contributed by atoms with van der Waals surface area (Å²) in [5.74, 6) is -1.02. The number of pyridine rings is 1. The van der Waals surface area contributed by atoms with E-state index in [-0.39, 0.29) is 11.5 Å². The van der Waals surface area contributed by atoms with Crippen molar-refractivity contribution in [3.63, 3.8) is 0 Å². The number of hydrogen-bond donors (Lipinski definition) is 0. The topological polar surface area (TPSA) is 142 Å². The van der Waals surface area contributed by atoms with Gasteiger partial charge in [0.15, 0.2) is 23.7 Å². The van der Waals surface area contributed by atoms with Crippen molar-refractivity contribution in [2.24, 2.45) is 0 Å². The summed E-state index contributed by atoms with van der Waals surface area (Å²) in [6.45, 7) is 5.19. The highest BCUT2D eigenvalue weighted by Gasteiger charge is 2.51. The Balaban J connectivity index is 1.78. The molecule has 5 atom stereocenters. The zero-order chi connectivity index (χ0) is 26.9. The molecule has 0 N–H and O–H groups in total. The number of aromatic nitrogens is 1. The molecule has 1 aliphatic rings. The summed E-state index contributed by atoms with van der Waals surface area (Å²) in [5, 5.41) is 1.33. The van der Waals surface area contributed by atoms with Crippen molar-refractivity contribution in [3.8, 4) is 17.2 Å². The van der Waals surface area contributed by atoms with Crippen molar-refractivity contribution in [1.29, 1.82) is 0 Å². The molecule has 1 fully saturated rings. The van der Waals surface area contributed by atoms with Gasteiger partial charge in [0.25, 0.3) is 0 Å². The standard InChI is InChI=1S/C25H27NO11/c1-11-19(34-12(2)27)22(35-13(3)28)23(36-14(4)29)25(33-11)37-17-8-7-15-18(21(17)31-6)26-24-16(9-10-32-24)20(15)30-5/h7-11,19,22-23,25H,1-6H3/t11-,19-,22+,23+,25-/m0/s1.